The van der Waals surface area contributed by atoms with Gasteiger partial charge < -0.3 is 24.7 Å². The number of rotatable bonds is 16. The lowest BCUT2D eigenvalue weighted by molar-refractivity contribution is -0.540. The van der Waals surface area contributed by atoms with Crippen LogP contribution in [0.2, 0.25) is 0 Å². The van der Waals surface area contributed by atoms with Crippen molar-refractivity contribution < 1.29 is 49.0 Å². The van der Waals surface area contributed by atoms with Crippen LogP contribution in [0.15, 0.2) is 0 Å². The van der Waals surface area contributed by atoms with Gasteiger partial charge in [-0.1, -0.05) is 0 Å². The van der Waals surface area contributed by atoms with E-state index in [0.29, 0.717) is 25.4 Å². The fraction of sp³-hybridized carbons (Fsp3) is 0.950. The molecule has 0 aromatic rings. The highest BCUT2D eigenvalue weighted by Crippen LogP contribution is 2.41. The van der Waals surface area contributed by atoms with Crippen molar-refractivity contribution in [2.24, 2.45) is 35.5 Å². The predicted molar refractivity (Wildman–Crippen MR) is 202 cm³/mol. The zero-order valence-electron chi connectivity index (χ0n) is 32.9. The van der Waals surface area contributed by atoms with Gasteiger partial charge >= 0.3 is 5.97 Å². The number of hydrogen-bond acceptors (Lipinski definition) is 12. The third kappa shape index (κ3) is 11.6. The fourth-order valence-corrected chi connectivity index (χ4v) is 11.3. The molecule has 56 heavy (non-hydrogen) atoms. The summed E-state index contributed by atoms with van der Waals surface area (Å²) in [4.78, 5) is 57.7. The van der Waals surface area contributed by atoms with Crippen LogP contribution in [0, 0.1) is 55.7 Å². The molecule has 0 bridgehead atoms. The van der Waals surface area contributed by atoms with Crippen LogP contribution >= 0.6 is 0 Å². The SMILES string of the molecule is O=C(O)C1CCCC([N+](=O)[O-])C1C(=O)NC1CCC(OC2CCC(C3CCC(OC4CCC(NOCC5C(COO)CCCC5[N+](=O)[O-])CC4)CC3)CC2)CC1. The first-order valence-corrected chi connectivity index (χ1v) is 21.8. The van der Waals surface area contributed by atoms with Crippen molar-refractivity contribution in [3.63, 3.8) is 0 Å². The molecular weight excluding hydrogens is 728 g/mol. The van der Waals surface area contributed by atoms with Crippen LogP contribution in [0.3, 0.4) is 0 Å². The number of carboxylic acids is 1. The number of carbonyl (C=O) groups is 2. The van der Waals surface area contributed by atoms with Crippen LogP contribution in [0.4, 0.5) is 0 Å². The summed E-state index contributed by atoms with van der Waals surface area (Å²) in [5, 5.41) is 44.8. The van der Waals surface area contributed by atoms with Gasteiger partial charge in [0.1, 0.15) is 5.92 Å². The highest BCUT2D eigenvalue weighted by molar-refractivity contribution is 5.85. The summed E-state index contributed by atoms with van der Waals surface area (Å²) in [5.41, 5.74) is 3.17. The second-order valence-electron chi connectivity index (χ2n) is 18.0. The molecule has 0 aromatic heterocycles. The summed E-state index contributed by atoms with van der Waals surface area (Å²) in [6, 6.07) is -1.74. The van der Waals surface area contributed by atoms with E-state index < -0.39 is 40.7 Å². The molecule has 6 atom stereocenters. The first-order valence-electron chi connectivity index (χ1n) is 21.8. The molecule has 6 saturated carbocycles. The van der Waals surface area contributed by atoms with Crippen LogP contribution < -0.4 is 10.8 Å². The molecule has 0 spiro atoms. The Morgan fingerprint density at radius 3 is 1.59 bits per heavy atom. The van der Waals surface area contributed by atoms with Crippen LogP contribution in [0.5, 0.6) is 0 Å². The first-order chi connectivity index (χ1) is 27.1. The Bertz CT molecular complexity index is 1250. The first kappa shape index (κ1) is 43.1. The standard InChI is InChI=1S/C40H66N4O12/c45-39(38-34(40(46)47)4-2-6-37(38)44(50)51)41-28-11-19-32(20-12-28)55-30-15-7-25(8-16-30)26-9-17-31(18-10-26)56-33-21-13-29(14-22-33)42-53-24-35-27(23-54-52)3-1-5-36(35)43(48)49/h25-38,42,52H,1-24H2,(H,41,45)(H,46,47). The Morgan fingerprint density at radius 1 is 0.607 bits per heavy atom. The molecule has 0 aliphatic heterocycles. The normalized spacial score (nSPS) is 39.7. The maximum atomic E-state index is 13.1. The maximum Gasteiger partial charge on any atom is 0.307 e. The molecule has 6 aliphatic carbocycles. The van der Waals surface area contributed by atoms with Gasteiger partial charge in [0.25, 0.3) is 0 Å². The van der Waals surface area contributed by atoms with E-state index in [2.05, 4.69) is 15.7 Å². The molecule has 4 N–H and O–H groups in total. The molecule has 318 valence electrons. The number of hydrogen-bond donors (Lipinski definition) is 4. The third-order valence-electron chi connectivity index (χ3n) is 14.6. The summed E-state index contributed by atoms with van der Waals surface area (Å²) in [6.45, 7) is 0.323. The molecule has 0 saturated heterocycles. The molecule has 16 nitrogen and oxygen atoms in total. The van der Waals surface area contributed by atoms with E-state index in [-0.39, 0.29) is 66.8 Å². The van der Waals surface area contributed by atoms with E-state index in [1.54, 1.807) is 0 Å². The Morgan fingerprint density at radius 2 is 1.09 bits per heavy atom. The van der Waals surface area contributed by atoms with Crippen LogP contribution in [0.25, 0.3) is 0 Å². The highest BCUT2D eigenvalue weighted by atomic mass is 17.1. The molecule has 6 unspecified atom stereocenters. The van der Waals surface area contributed by atoms with Crippen molar-refractivity contribution in [1.29, 1.82) is 0 Å². The van der Waals surface area contributed by atoms with Gasteiger partial charge in [-0.15, -0.1) is 0 Å². The van der Waals surface area contributed by atoms with Crippen molar-refractivity contribution in [2.45, 2.75) is 190 Å². The van der Waals surface area contributed by atoms with Crippen LogP contribution in [-0.4, -0.2) is 93.9 Å². The van der Waals surface area contributed by atoms with Gasteiger partial charge in [-0.3, -0.25) is 35.1 Å². The van der Waals surface area contributed by atoms with Crippen molar-refractivity contribution >= 4 is 11.9 Å². The summed E-state index contributed by atoms with van der Waals surface area (Å²) in [7, 11) is 0. The lowest BCUT2D eigenvalue weighted by Gasteiger charge is -2.40. The third-order valence-corrected chi connectivity index (χ3v) is 14.6. The van der Waals surface area contributed by atoms with Crippen molar-refractivity contribution in [2.75, 3.05) is 13.2 Å². The number of carbonyl (C=O) groups excluding carboxylic acids is 1. The number of nitrogens with zero attached hydrogens (tertiary/aromatic N) is 2. The number of nitrogens with one attached hydrogen (secondary N) is 2. The number of hydroxylamine groups is 1. The largest absolute Gasteiger partial charge is 0.481 e. The van der Waals surface area contributed by atoms with Gasteiger partial charge in [0.15, 0.2) is 0 Å². The minimum atomic E-state index is -1.15. The molecule has 0 heterocycles. The van der Waals surface area contributed by atoms with E-state index >= 15 is 0 Å². The molecule has 6 aliphatic rings. The molecule has 6 rings (SSSR count). The number of carboxylic acid groups (broad SMARTS) is 1. The highest BCUT2D eigenvalue weighted by Gasteiger charge is 2.49. The number of ether oxygens (including phenoxy) is 2. The van der Waals surface area contributed by atoms with Crippen molar-refractivity contribution in [3.05, 3.63) is 20.2 Å². The lowest BCUT2D eigenvalue weighted by atomic mass is 9.72. The number of aliphatic carboxylic acids is 1. The predicted octanol–water partition coefficient (Wildman–Crippen LogP) is 6.09. The van der Waals surface area contributed by atoms with E-state index in [9.17, 15) is 34.9 Å². The second-order valence-corrected chi connectivity index (χ2v) is 18.0. The minimum absolute atomic E-state index is 0.0916. The van der Waals surface area contributed by atoms with Gasteiger partial charge in [0, 0.05) is 34.8 Å². The smallest absolute Gasteiger partial charge is 0.307 e. The van der Waals surface area contributed by atoms with Crippen LogP contribution in [0.1, 0.15) is 141 Å². The van der Waals surface area contributed by atoms with Gasteiger partial charge in [-0.25, -0.2) is 4.89 Å². The summed E-state index contributed by atoms with van der Waals surface area (Å²) >= 11 is 0. The van der Waals surface area contributed by atoms with Crippen molar-refractivity contribution in [3.8, 4) is 0 Å². The Kier molecular flexibility index (Phi) is 16.1. The molecule has 6 fully saturated rings. The van der Waals surface area contributed by atoms with Crippen molar-refractivity contribution in [1.82, 2.24) is 10.8 Å². The molecule has 0 radical (unpaired) electrons. The van der Waals surface area contributed by atoms with Gasteiger partial charge in [-0.05, 0) is 146 Å². The number of amides is 1. The second kappa shape index (κ2) is 21.0. The average Bonchev–Trinajstić information content (AvgIpc) is 3.20. The zero-order valence-corrected chi connectivity index (χ0v) is 32.9. The quantitative estimate of drug-likeness (QED) is 0.0790. The van der Waals surface area contributed by atoms with Gasteiger partial charge in [0.05, 0.1) is 49.5 Å². The summed E-state index contributed by atoms with van der Waals surface area (Å²) in [5.74, 6) is -2.67. The van der Waals surface area contributed by atoms with E-state index in [1.165, 1.54) is 25.7 Å². The van der Waals surface area contributed by atoms with Gasteiger partial charge in [-0.2, -0.15) is 5.48 Å². The monoisotopic (exact) mass is 794 g/mol. The van der Waals surface area contributed by atoms with E-state index in [4.69, 9.17) is 19.6 Å². The number of nitro groups is 2. The summed E-state index contributed by atoms with van der Waals surface area (Å²) in [6.07, 6.45) is 20.2. The lowest BCUT2D eigenvalue weighted by Crippen LogP contribution is -2.52. The average molecular weight is 795 g/mol. The van der Waals surface area contributed by atoms with E-state index in [0.717, 1.165) is 102 Å². The molecule has 0 aromatic carbocycles. The van der Waals surface area contributed by atoms with Gasteiger partial charge in [0.2, 0.25) is 18.0 Å². The molecule has 1 amide bonds. The minimum Gasteiger partial charge on any atom is -0.481 e. The Labute approximate surface area is 330 Å². The molecular formula is C40H66N4O12. The topological polar surface area (TPSA) is 222 Å². The Hall–Kier alpha value is -2.50. The maximum absolute atomic E-state index is 13.1. The van der Waals surface area contributed by atoms with Crippen LogP contribution in [-0.2, 0) is 28.8 Å². The Balaban J connectivity index is 0.820. The van der Waals surface area contributed by atoms with E-state index in [1.807, 2.05) is 0 Å². The summed E-state index contributed by atoms with van der Waals surface area (Å²) < 4.78 is 13.2. The fourth-order valence-electron chi connectivity index (χ4n) is 11.3. The molecule has 16 heteroatoms. The zero-order chi connectivity index (χ0) is 39.6.